The maximum Gasteiger partial charge on any atom is 0.338 e. The first-order chi connectivity index (χ1) is 11.0. The van der Waals surface area contributed by atoms with Crippen molar-refractivity contribution in [2.75, 3.05) is 23.0 Å². The number of esters is 1. The predicted octanol–water partition coefficient (Wildman–Crippen LogP) is 2.80. The molecule has 0 unspecified atom stereocenters. The molecule has 0 aliphatic rings. The Morgan fingerprint density at radius 2 is 1.87 bits per heavy atom. The molecule has 2 rings (SSSR count). The lowest BCUT2D eigenvalue weighted by Gasteiger charge is -2.14. The normalized spacial score (nSPS) is 10.4. The van der Waals surface area contributed by atoms with Crippen molar-refractivity contribution < 1.29 is 9.53 Å². The van der Waals surface area contributed by atoms with Gasteiger partial charge in [0, 0.05) is 11.7 Å². The largest absolute Gasteiger partial charge is 0.462 e. The molecule has 4 N–H and O–H groups in total. The Morgan fingerprint density at radius 1 is 1.22 bits per heavy atom. The average Bonchev–Trinajstić information content (AvgIpc) is 2.52. The maximum atomic E-state index is 11.6. The zero-order chi connectivity index (χ0) is 16.8. The molecule has 7 heteroatoms. The summed E-state index contributed by atoms with van der Waals surface area (Å²) in [6, 6.07) is 7.12. The SMILES string of the molecule is CCOC(=O)c1ccc(Nc2ncnc(NC(C)C)c2N)cc1. The molecule has 0 amide bonds. The van der Waals surface area contributed by atoms with Crippen LogP contribution in [-0.2, 0) is 4.74 Å². The Morgan fingerprint density at radius 3 is 2.48 bits per heavy atom. The molecule has 1 heterocycles. The molecule has 2 aromatic rings. The van der Waals surface area contributed by atoms with Crippen molar-refractivity contribution in [1.29, 1.82) is 0 Å². The van der Waals surface area contributed by atoms with E-state index in [1.165, 1.54) is 6.33 Å². The lowest BCUT2D eigenvalue weighted by Crippen LogP contribution is -2.14. The third kappa shape index (κ3) is 4.32. The first-order valence-corrected chi connectivity index (χ1v) is 7.42. The third-order valence-electron chi connectivity index (χ3n) is 2.97. The van der Waals surface area contributed by atoms with Crippen LogP contribution in [0.2, 0.25) is 0 Å². The quantitative estimate of drug-likeness (QED) is 0.704. The molecule has 0 fully saturated rings. The van der Waals surface area contributed by atoms with E-state index < -0.39 is 0 Å². The Balaban J connectivity index is 2.15. The first kappa shape index (κ1) is 16.5. The smallest absolute Gasteiger partial charge is 0.338 e. The summed E-state index contributed by atoms with van der Waals surface area (Å²) in [6.45, 7) is 6.13. The second kappa shape index (κ2) is 7.44. The Bertz CT molecular complexity index is 671. The van der Waals surface area contributed by atoms with Crippen LogP contribution in [-0.4, -0.2) is 28.6 Å². The molecule has 0 saturated heterocycles. The van der Waals surface area contributed by atoms with Crippen LogP contribution >= 0.6 is 0 Å². The molecule has 0 atom stereocenters. The molecule has 0 aliphatic carbocycles. The number of hydrogen-bond donors (Lipinski definition) is 3. The van der Waals surface area contributed by atoms with Gasteiger partial charge >= 0.3 is 5.97 Å². The molecule has 23 heavy (non-hydrogen) atoms. The minimum atomic E-state index is -0.344. The van der Waals surface area contributed by atoms with Gasteiger partial charge in [-0.1, -0.05) is 0 Å². The van der Waals surface area contributed by atoms with E-state index in [0.29, 0.717) is 29.5 Å². The van der Waals surface area contributed by atoms with Gasteiger partial charge in [0.25, 0.3) is 0 Å². The first-order valence-electron chi connectivity index (χ1n) is 7.42. The number of benzene rings is 1. The highest BCUT2D eigenvalue weighted by molar-refractivity contribution is 5.90. The Labute approximate surface area is 135 Å². The zero-order valence-corrected chi connectivity index (χ0v) is 13.5. The Kier molecular flexibility index (Phi) is 5.35. The highest BCUT2D eigenvalue weighted by Crippen LogP contribution is 2.26. The van der Waals surface area contributed by atoms with Crippen LogP contribution in [0.25, 0.3) is 0 Å². The van der Waals surface area contributed by atoms with Gasteiger partial charge in [-0.05, 0) is 45.0 Å². The Hall–Kier alpha value is -2.83. The van der Waals surface area contributed by atoms with Crippen LogP contribution in [0.4, 0.5) is 23.0 Å². The van der Waals surface area contributed by atoms with Gasteiger partial charge < -0.3 is 21.1 Å². The van der Waals surface area contributed by atoms with Crippen molar-refractivity contribution >= 4 is 29.0 Å². The second-order valence-corrected chi connectivity index (χ2v) is 5.21. The van der Waals surface area contributed by atoms with E-state index in [9.17, 15) is 4.79 Å². The molecule has 7 nitrogen and oxygen atoms in total. The number of carbonyl (C=O) groups excluding carboxylic acids is 1. The van der Waals surface area contributed by atoms with Gasteiger partial charge in [0.1, 0.15) is 12.0 Å². The van der Waals surface area contributed by atoms with Crippen LogP contribution in [0, 0.1) is 0 Å². The summed E-state index contributed by atoms with van der Waals surface area (Å²) >= 11 is 0. The summed E-state index contributed by atoms with van der Waals surface area (Å²) in [5.41, 5.74) is 7.77. The van der Waals surface area contributed by atoms with Gasteiger partial charge in [-0.2, -0.15) is 0 Å². The summed E-state index contributed by atoms with van der Waals surface area (Å²) < 4.78 is 4.95. The number of nitrogens with zero attached hydrogens (tertiary/aromatic N) is 2. The fourth-order valence-corrected chi connectivity index (χ4v) is 1.92. The summed E-state index contributed by atoms with van der Waals surface area (Å²) in [4.78, 5) is 19.9. The number of ether oxygens (including phenoxy) is 1. The van der Waals surface area contributed by atoms with Crippen LogP contribution in [0.15, 0.2) is 30.6 Å². The predicted molar refractivity (Wildman–Crippen MR) is 90.9 cm³/mol. The van der Waals surface area contributed by atoms with Crippen LogP contribution in [0.1, 0.15) is 31.1 Å². The average molecular weight is 315 g/mol. The molecule has 0 aliphatic heterocycles. The summed E-state index contributed by atoms with van der Waals surface area (Å²) in [5.74, 6) is 0.747. The number of anilines is 4. The minimum absolute atomic E-state index is 0.212. The van der Waals surface area contributed by atoms with E-state index >= 15 is 0 Å². The van der Waals surface area contributed by atoms with E-state index in [-0.39, 0.29) is 12.0 Å². The van der Waals surface area contributed by atoms with Crippen molar-refractivity contribution in [2.45, 2.75) is 26.8 Å². The standard InChI is InChI=1S/C16H21N5O2/c1-4-23-16(22)11-5-7-12(8-6-11)21-15-13(17)14(18-9-19-15)20-10(2)3/h5-10H,4,17H2,1-3H3,(H2,18,19,20,21). The van der Waals surface area contributed by atoms with E-state index in [4.69, 9.17) is 10.5 Å². The fourth-order valence-electron chi connectivity index (χ4n) is 1.92. The summed E-state index contributed by atoms with van der Waals surface area (Å²) in [5, 5.41) is 6.28. The summed E-state index contributed by atoms with van der Waals surface area (Å²) in [7, 11) is 0. The number of hydrogen-bond acceptors (Lipinski definition) is 7. The van der Waals surface area contributed by atoms with E-state index in [0.717, 1.165) is 5.69 Å². The van der Waals surface area contributed by atoms with Crippen molar-refractivity contribution in [2.24, 2.45) is 0 Å². The topological polar surface area (TPSA) is 102 Å². The van der Waals surface area contributed by atoms with E-state index in [1.807, 2.05) is 13.8 Å². The highest BCUT2D eigenvalue weighted by Gasteiger charge is 2.10. The number of nitrogens with two attached hydrogens (primary N) is 1. The van der Waals surface area contributed by atoms with Crippen LogP contribution < -0.4 is 16.4 Å². The fraction of sp³-hybridized carbons (Fsp3) is 0.312. The number of nitrogen functional groups attached to an aromatic ring is 1. The molecular formula is C16H21N5O2. The highest BCUT2D eigenvalue weighted by atomic mass is 16.5. The molecule has 1 aromatic carbocycles. The zero-order valence-electron chi connectivity index (χ0n) is 13.5. The summed E-state index contributed by atoms with van der Waals surface area (Å²) in [6.07, 6.45) is 1.44. The number of carbonyl (C=O) groups is 1. The van der Waals surface area contributed by atoms with E-state index in [1.54, 1.807) is 31.2 Å². The lowest BCUT2D eigenvalue weighted by molar-refractivity contribution is 0.0526. The lowest BCUT2D eigenvalue weighted by atomic mass is 10.2. The molecule has 122 valence electrons. The van der Waals surface area contributed by atoms with Crippen molar-refractivity contribution in [3.63, 3.8) is 0 Å². The minimum Gasteiger partial charge on any atom is -0.462 e. The molecular weight excluding hydrogens is 294 g/mol. The third-order valence-corrected chi connectivity index (χ3v) is 2.97. The monoisotopic (exact) mass is 315 g/mol. The van der Waals surface area contributed by atoms with Gasteiger partial charge in [-0.3, -0.25) is 0 Å². The van der Waals surface area contributed by atoms with Crippen LogP contribution in [0.5, 0.6) is 0 Å². The van der Waals surface area contributed by atoms with Crippen molar-refractivity contribution in [1.82, 2.24) is 9.97 Å². The van der Waals surface area contributed by atoms with Crippen molar-refractivity contribution in [3.8, 4) is 0 Å². The molecule has 1 aromatic heterocycles. The van der Waals surface area contributed by atoms with Gasteiger partial charge in [-0.25, -0.2) is 14.8 Å². The molecule has 0 saturated carbocycles. The van der Waals surface area contributed by atoms with Gasteiger partial charge in [0.2, 0.25) is 0 Å². The maximum absolute atomic E-state index is 11.6. The van der Waals surface area contributed by atoms with E-state index in [2.05, 4.69) is 20.6 Å². The van der Waals surface area contributed by atoms with Gasteiger partial charge in [0.15, 0.2) is 11.6 Å². The molecule has 0 radical (unpaired) electrons. The number of aromatic nitrogens is 2. The number of nitrogens with one attached hydrogen (secondary N) is 2. The molecule has 0 spiro atoms. The van der Waals surface area contributed by atoms with Crippen molar-refractivity contribution in [3.05, 3.63) is 36.2 Å². The van der Waals surface area contributed by atoms with Gasteiger partial charge in [-0.15, -0.1) is 0 Å². The molecule has 0 bridgehead atoms. The van der Waals surface area contributed by atoms with Gasteiger partial charge in [0.05, 0.1) is 12.2 Å². The number of rotatable bonds is 6. The second-order valence-electron chi connectivity index (χ2n) is 5.21. The van der Waals surface area contributed by atoms with Crippen LogP contribution in [0.3, 0.4) is 0 Å².